The summed E-state index contributed by atoms with van der Waals surface area (Å²) < 4.78 is 11.3. The van der Waals surface area contributed by atoms with Crippen LogP contribution in [0.3, 0.4) is 0 Å². The maximum Gasteiger partial charge on any atom is 0.174 e. The normalized spacial score (nSPS) is 30.1. The molecule has 5 heteroatoms. The van der Waals surface area contributed by atoms with E-state index in [4.69, 9.17) is 9.47 Å². The molecule has 2 aliphatic carbocycles. The molecular weight excluding hydrogens is 306 g/mol. The fourth-order valence-electron chi connectivity index (χ4n) is 4.63. The lowest BCUT2D eigenvalue weighted by Gasteiger charge is -2.47. The third kappa shape index (κ3) is 2.04. The first-order valence-electron chi connectivity index (χ1n) is 8.50. The Morgan fingerprint density at radius 3 is 2.92 bits per heavy atom. The Hall–Kier alpha value is -1.85. The highest BCUT2D eigenvalue weighted by molar-refractivity contribution is 5.90. The van der Waals surface area contributed by atoms with Crippen LogP contribution in [0.15, 0.2) is 18.2 Å². The number of nitrogens with zero attached hydrogens (tertiary/aromatic N) is 1. The lowest BCUT2D eigenvalue weighted by molar-refractivity contribution is -0.840. The van der Waals surface area contributed by atoms with Gasteiger partial charge in [0.2, 0.25) is 0 Å². The summed E-state index contributed by atoms with van der Waals surface area (Å²) in [5.41, 5.74) is 1.72. The molecule has 1 aromatic rings. The minimum absolute atomic E-state index is 0.141. The Morgan fingerprint density at radius 2 is 2.21 bits per heavy atom. The van der Waals surface area contributed by atoms with Gasteiger partial charge in [0.05, 0.1) is 33.2 Å². The molecule has 3 atom stereocenters. The highest BCUT2D eigenvalue weighted by Gasteiger charge is 2.60. The molecular formula is C19H23NO4. The Bertz CT molecular complexity index is 734. The van der Waals surface area contributed by atoms with Crippen molar-refractivity contribution in [2.75, 3.05) is 27.7 Å². The van der Waals surface area contributed by atoms with Crippen molar-refractivity contribution in [2.45, 2.75) is 30.8 Å². The SMILES string of the molecule is COc1ccc2c3c1O[C@H]1C(=O)CC[C@@H](C=C2)[C@@]31CC[N+](C)(C)[O-]. The number of hydrogen-bond donors (Lipinski definition) is 0. The van der Waals surface area contributed by atoms with Crippen molar-refractivity contribution in [1.29, 1.82) is 0 Å². The van der Waals surface area contributed by atoms with Crippen LogP contribution in [-0.2, 0) is 10.2 Å². The van der Waals surface area contributed by atoms with Crippen molar-refractivity contribution in [1.82, 2.24) is 0 Å². The molecule has 0 spiro atoms. The largest absolute Gasteiger partial charge is 0.633 e. The number of carbonyl (C=O) groups excluding carboxylic acids is 1. The molecule has 0 radical (unpaired) electrons. The molecule has 4 rings (SSSR count). The molecule has 1 aliphatic heterocycles. The number of methoxy groups -OCH3 is 1. The maximum atomic E-state index is 12.7. The van der Waals surface area contributed by atoms with E-state index in [9.17, 15) is 10.0 Å². The van der Waals surface area contributed by atoms with E-state index < -0.39 is 11.5 Å². The fraction of sp³-hybridized carbons (Fsp3) is 0.526. The van der Waals surface area contributed by atoms with Crippen molar-refractivity contribution < 1.29 is 18.9 Å². The Labute approximate surface area is 142 Å². The molecule has 0 saturated heterocycles. The van der Waals surface area contributed by atoms with Crippen molar-refractivity contribution in [3.8, 4) is 11.5 Å². The summed E-state index contributed by atoms with van der Waals surface area (Å²) in [7, 11) is 4.91. The highest BCUT2D eigenvalue weighted by atomic mass is 16.5. The zero-order chi connectivity index (χ0) is 17.1. The van der Waals surface area contributed by atoms with Crippen LogP contribution in [0.5, 0.6) is 11.5 Å². The van der Waals surface area contributed by atoms with Gasteiger partial charge in [-0.2, -0.15) is 0 Å². The van der Waals surface area contributed by atoms with Crippen molar-refractivity contribution >= 4 is 11.9 Å². The second-order valence-corrected chi connectivity index (χ2v) is 7.62. The summed E-state index contributed by atoms with van der Waals surface area (Å²) in [4.78, 5) is 12.7. The van der Waals surface area contributed by atoms with Gasteiger partial charge in [0.25, 0.3) is 0 Å². The van der Waals surface area contributed by atoms with Crippen LogP contribution in [0.1, 0.15) is 30.4 Å². The van der Waals surface area contributed by atoms with E-state index in [1.54, 1.807) is 21.2 Å². The quantitative estimate of drug-likeness (QED) is 0.629. The van der Waals surface area contributed by atoms with Gasteiger partial charge in [-0.3, -0.25) is 4.79 Å². The first-order chi connectivity index (χ1) is 11.4. The summed E-state index contributed by atoms with van der Waals surface area (Å²) in [6, 6.07) is 3.91. The number of ketones is 1. The number of rotatable bonds is 4. The molecule has 1 heterocycles. The second kappa shape index (κ2) is 5.07. The van der Waals surface area contributed by atoms with Gasteiger partial charge in [-0.15, -0.1) is 0 Å². The Balaban J connectivity index is 1.91. The minimum atomic E-state index is -0.502. The molecule has 1 fully saturated rings. The number of allylic oxidation sites excluding steroid dienone is 1. The number of quaternary nitrogens is 1. The van der Waals surface area contributed by atoms with Gasteiger partial charge in [-0.05, 0) is 24.0 Å². The molecule has 0 aromatic heterocycles. The molecule has 0 N–H and O–H groups in total. The molecule has 5 nitrogen and oxygen atoms in total. The Kier molecular flexibility index (Phi) is 3.31. The van der Waals surface area contributed by atoms with Gasteiger partial charge in [0, 0.05) is 18.4 Å². The van der Waals surface area contributed by atoms with E-state index in [2.05, 4.69) is 12.2 Å². The predicted molar refractivity (Wildman–Crippen MR) is 90.8 cm³/mol. The van der Waals surface area contributed by atoms with Gasteiger partial charge >= 0.3 is 0 Å². The van der Waals surface area contributed by atoms with E-state index in [1.165, 1.54) is 0 Å². The monoisotopic (exact) mass is 329 g/mol. The third-order valence-electron chi connectivity index (χ3n) is 5.77. The molecule has 24 heavy (non-hydrogen) atoms. The molecule has 128 valence electrons. The molecule has 3 aliphatic rings. The van der Waals surface area contributed by atoms with Crippen LogP contribution in [0.25, 0.3) is 6.08 Å². The summed E-state index contributed by atoms with van der Waals surface area (Å²) in [5.74, 6) is 1.73. The van der Waals surface area contributed by atoms with Crippen molar-refractivity contribution in [3.05, 3.63) is 34.5 Å². The van der Waals surface area contributed by atoms with Crippen LogP contribution >= 0.6 is 0 Å². The number of hydrogen-bond acceptors (Lipinski definition) is 4. The average molecular weight is 329 g/mol. The first kappa shape index (κ1) is 15.7. The summed E-state index contributed by atoms with van der Waals surface area (Å²) in [6.07, 6.45) is 5.82. The van der Waals surface area contributed by atoms with Crippen LogP contribution in [0, 0.1) is 11.1 Å². The molecule has 1 saturated carbocycles. The van der Waals surface area contributed by atoms with Crippen molar-refractivity contribution in [2.24, 2.45) is 5.92 Å². The lowest BCUT2D eigenvalue weighted by Crippen LogP contribution is -2.55. The van der Waals surface area contributed by atoms with Crippen LogP contribution in [-0.4, -0.2) is 44.3 Å². The number of carbonyl (C=O) groups is 1. The topological polar surface area (TPSA) is 58.6 Å². The maximum absolute atomic E-state index is 12.7. The van der Waals surface area contributed by atoms with E-state index in [-0.39, 0.29) is 16.3 Å². The molecule has 0 bridgehead atoms. The smallest absolute Gasteiger partial charge is 0.174 e. The highest BCUT2D eigenvalue weighted by Crippen LogP contribution is 2.60. The van der Waals surface area contributed by atoms with Crippen molar-refractivity contribution in [3.63, 3.8) is 0 Å². The molecule has 0 unspecified atom stereocenters. The molecule has 0 amide bonds. The summed E-state index contributed by atoms with van der Waals surface area (Å²) in [6.45, 7) is 0.452. The van der Waals surface area contributed by atoms with Gasteiger partial charge < -0.3 is 19.3 Å². The third-order valence-corrected chi connectivity index (χ3v) is 5.77. The van der Waals surface area contributed by atoms with Gasteiger partial charge in [0.1, 0.15) is 0 Å². The standard InChI is InChI=1S/C19H23NO4/c1-20(2,22)11-10-19-13-6-4-12-5-9-15(23-3)17(16(12)19)24-18(19)14(21)8-7-13/h4-6,9,13,18H,7-8,10-11H2,1-3H3/t13-,18+,19+/m1/s1. The average Bonchev–Trinajstić information content (AvgIpc) is 2.90. The van der Waals surface area contributed by atoms with Crippen LogP contribution in [0.2, 0.25) is 0 Å². The van der Waals surface area contributed by atoms with Crippen LogP contribution in [0.4, 0.5) is 0 Å². The minimum Gasteiger partial charge on any atom is -0.633 e. The van der Waals surface area contributed by atoms with Gasteiger partial charge in [-0.25, -0.2) is 0 Å². The molecule has 1 aromatic carbocycles. The lowest BCUT2D eigenvalue weighted by atomic mass is 9.57. The van der Waals surface area contributed by atoms with E-state index in [0.29, 0.717) is 30.9 Å². The second-order valence-electron chi connectivity index (χ2n) is 7.62. The van der Waals surface area contributed by atoms with E-state index in [1.807, 2.05) is 12.1 Å². The van der Waals surface area contributed by atoms with E-state index in [0.717, 1.165) is 17.5 Å². The Morgan fingerprint density at radius 1 is 1.42 bits per heavy atom. The number of ether oxygens (including phenoxy) is 2. The predicted octanol–water partition coefficient (Wildman–Crippen LogP) is 2.66. The zero-order valence-corrected chi connectivity index (χ0v) is 14.4. The number of benzene rings is 1. The fourth-order valence-corrected chi connectivity index (χ4v) is 4.63. The van der Waals surface area contributed by atoms with Crippen LogP contribution < -0.4 is 9.47 Å². The zero-order valence-electron chi connectivity index (χ0n) is 14.4. The van der Waals surface area contributed by atoms with Gasteiger partial charge in [0.15, 0.2) is 23.4 Å². The van der Waals surface area contributed by atoms with Gasteiger partial charge in [-0.1, -0.05) is 18.2 Å². The number of hydroxylamine groups is 3. The first-order valence-corrected chi connectivity index (χ1v) is 8.50. The summed E-state index contributed by atoms with van der Waals surface area (Å²) >= 11 is 0. The summed E-state index contributed by atoms with van der Waals surface area (Å²) in [5, 5.41) is 12.2. The number of Topliss-reactive ketones (excluding diaryl/α,β-unsaturated/α-hetero) is 1. The van der Waals surface area contributed by atoms with E-state index >= 15 is 0 Å².